The van der Waals surface area contributed by atoms with Gasteiger partial charge >= 0.3 is 0 Å². The fourth-order valence-electron chi connectivity index (χ4n) is 2.75. The van der Waals surface area contributed by atoms with E-state index in [1.807, 2.05) is 51.1 Å². The molecule has 3 rings (SSSR count). The van der Waals surface area contributed by atoms with Gasteiger partial charge in [0.25, 0.3) is 5.91 Å². The Morgan fingerprint density at radius 3 is 2.30 bits per heavy atom. The molecule has 0 aliphatic rings. The molecule has 1 aromatic heterocycles. The van der Waals surface area contributed by atoms with Gasteiger partial charge in [0.2, 0.25) is 0 Å². The lowest BCUT2D eigenvalue weighted by molar-refractivity contribution is 0.102. The zero-order valence-electron chi connectivity index (χ0n) is 13.5. The Morgan fingerprint density at radius 2 is 1.65 bits per heavy atom. The molecule has 0 spiro atoms. The summed E-state index contributed by atoms with van der Waals surface area (Å²) in [6.07, 6.45) is 0. The smallest absolute Gasteiger partial charge is 0.273 e. The maximum Gasteiger partial charge on any atom is 0.273 e. The summed E-state index contributed by atoms with van der Waals surface area (Å²) < 4.78 is 0. The van der Waals surface area contributed by atoms with Crippen LogP contribution in [0.4, 0.5) is 5.69 Å². The number of hydrogen-bond donors (Lipinski definition) is 2. The van der Waals surface area contributed by atoms with Crippen LogP contribution in [-0.4, -0.2) is 16.1 Å². The van der Waals surface area contributed by atoms with Crippen molar-refractivity contribution in [3.8, 4) is 11.3 Å². The molecule has 0 fully saturated rings. The molecule has 2 aromatic carbocycles. The van der Waals surface area contributed by atoms with Crippen LogP contribution in [0.5, 0.6) is 0 Å². The number of carbonyl (C=O) groups excluding carboxylic acids is 1. The average molecular weight is 305 g/mol. The van der Waals surface area contributed by atoms with Gasteiger partial charge in [-0.15, -0.1) is 0 Å². The minimum Gasteiger partial charge on any atom is -0.320 e. The largest absolute Gasteiger partial charge is 0.320 e. The summed E-state index contributed by atoms with van der Waals surface area (Å²) in [4.78, 5) is 12.5. The quantitative estimate of drug-likeness (QED) is 0.760. The zero-order valence-corrected chi connectivity index (χ0v) is 13.5. The number of hydrogen-bond acceptors (Lipinski definition) is 2. The van der Waals surface area contributed by atoms with Gasteiger partial charge in [-0.1, -0.05) is 48.0 Å². The van der Waals surface area contributed by atoms with Crippen LogP contribution in [0.15, 0.2) is 48.5 Å². The second kappa shape index (κ2) is 6.08. The second-order valence-electron chi connectivity index (χ2n) is 5.76. The number of rotatable bonds is 3. The van der Waals surface area contributed by atoms with Crippen molar-refractivity contribution < 1.29 is 4.79 Å². The molecule has 116 valence electrons. The highest BCUT2D eigenvalue weighted by atomic mass is 16.1. The van der Waals surface area contributed by atoms with Gasteiger partial charge in [-0.05, 0) is 38.0 Å². The molecule has 0 aliphatic carbocycles. The molecule has 0 unspecified atom stereocenters. The number of nitrogens with zero attached hydrogens (tertiary/aromatic N) is 1. The number of nitrogens with one attached hydrogen (secondary N) is 2. The molecule has 0 radical (unpaired) electrons. The Morgan fingerprint density at radius 1 is 1.00 bits per heavy atom. The maximum atomic E-state index is 12.5. The highest BCUT2D eigenvalue weighted by Gasteiger charge is 2.13. The van der Waals surface area contributed by atoms with Crippen LogP contribution >= 0.6 is 0 Å². The number of aromatic nitrogens is 2. The van der Waals surface area contributed by atoms with E-state index in [-0.39, 0.29) is 5.91 Å². The third-order valence-electron chi connectivity index (χ3n) is 3.81. The summed E-state index contributed by atoms with van der Waals surface area (Å²) in [7, 11) is 0. The van der Waals surface area contributed by atoms with Gasteiger partial charge in [-0.2, -0.15) is 5.10 Å². The summed E-state index contributed by atoms with van der Waals surface area (Å²) in [5, 5.41) is 10.0. The topological polar surface area (TPSA) is 57.8 Å². The number of aryl methyl sites for hydroxylation is 3. The summed E-state index contributed by atoms with van der Waals surface area (Å²) in [6.45, 7) is 6.04. The van der Waals surface area contributed by atoms with Crippen molar-refractivity contribution >= 4 is 11.6 Å². The van der Waals surface area contributed by atoms with Crippen molar-refractivity contribution in [1.82, 2.24) is 10.2 Å². The van der Waals surface area contributed by atoms with E-state index >= 15 is 0 Å². The van der Waals surface area contributed by atoms with E-state index in [4.69, 9.17) is 0 Å². The Kier molecular flexibility index (Phi) is 3.98. The summed E-state index contributed by atoms with van der Waals surface area (Å²) in [6, 6.07) is 15.7. The molecule has 1 heterocycles. The van der Waals surface area contributed by atoms with Gasteiger partial charge in [0.05, 0.1) is 5.69 Å². The lowest BCUT2D eigenvalue weighted by atomic mass is 10.0. The highest BCUT2D eigenvalue weighted by molar-refractivity contribution is 6.04. The first-order chi connectivity index (χ1) is 11.0. The average Bonchev–Trinajstić information content (AvgIpc) is 3.01. The predicted octanol–water partition coefficient (Wildman–Crippen LogP) is 4.25. The Balaban J connectivity index is 1.84. The van der Waals surface area contributed by atoms with Gasteiger partial charge in [0.1, 0.15) is 5.69 Å². The number of benzene rings is 2. The summed E-state index contributed by atoms with van der Waals surface area (Å²) >= 11 is 0. The SMILES string of the molecule is Cc1cc(C)c(NC(=O)c2cc(-c3ccccc3)n[nH]2)c(C)c1. The normalized spacial score (nSPS) is 10.6. The standard InChI is InChI=1S/C19H19N3O/c1-12-9-13(2)18(14(3)10-12)20-19(23)17-11-16(21-22-17)15-7-5-4-6-8-15/h4-11H,1-3H3,(H,20,23)(H,21,22). The van der Waals surface area contributed by atoms with Crippen molar-refractivity contribution in [1.29, 1.82) is 0 Å². The fourth-order valence-corrected chi connectivity index (χ4v) is 2.75. The van der Waals surface area contributed by atoms with Crippen molar-refractivity contribution in [2.24, 2.45) is 0 Å². The van der Waals surface area contributed by atoms with Crippen molar-refractivity contribution in [3.63, 3.8) is 0 Å². The molecule has 0 saturated heterocycles. The van der Waals surface area contributed by atoms with Gasteiger partial charge in [0.15, 0.2) is 0 Å². The molecule has 2 N–H and O–H groups in total. The van der Waals surface area contributed by atoms with Crippen LogP contribution < -0.4 is 5.32 Å². The highest BCUT2D eigenvalue weighted by Crippen LogP contribution is 2.23. The molecule has 4 heteroatoms. The molecule has 0 atom stereocenters. The van der Waals surface area contributed by atoms with Crippen LogP contribution in [-0.2, 0) is 0 Å². The number of aromatic amines is 1. The summed E-state index contributed by atoms with van der Waals surface area (Å²) in [5.74, 6) is -0.185. The molecular formula is C19H19N3O. The minimum absolute atomic E-state index is 0.185. The van der Waals surface area contributed by atoms with Gasteiger partial charge < -0.3 is 5.32 Å². The first-order valence-electron chi connectivity index (χ1n) is 7.54. The van der Waals surface area contributed by atoms with Crippen LogP contribution in [0, 0.1) is 20.8 Å². The molecule has 0 aliphatic heterocycles. The number of anilines is 1. The molecule has 3 aromatic rings. The Labute approximate surface area is 135 Å². The zero-order chi connectivity index (χ0) is 16.4. The first kappa shape index (κ1) is 15.0. The summed E-state index contributed by atoms with van der Waals surface area (Å²) in [5.41, 5.74) is 6.33. The van der Waals surface area contributed by atoms with Crippen molar-refractivity contribution in [2.75, 3.05) is 5.32 Å². The lowest BCUT2D eigenvalue weighted by Crippen LogP contribution is -2.14. The monoisotopic (exact) mass is 305 g/mol. The van der Waals surface area contributed by atoms with E-state index in [1.165, 1.54) is 5.56 Å². The van der Waals surface area contributed by atoms with E-state index < -0.39 is 0 Å². The first-order valence-corrected chi connectivity index (χ1v) is 7.54. The van der Waals surface area contributed by atoms with Crippen LogP contribution in [0.1, 0.15) is 27.2 Å². The fraction of sp³-hybridized carbons (Fsp3) is 0.158. The van der Waals surface area contributed by atoms with E-state index in [0.717, 1.165) is 28.1 Å². The maximum absolute atomic E-state index is 12.5. The van der Waals surface area contributed by atoms with Crippen LogP contribution in [0.3, 0.4) is 0 Å². The number of amides is 1. The van der Waals surface area contributed by atoms with Crippen LogP contribution in [0.2, 0.25) is 0 Å². The van der Waals surface area contributed by atoms with Crippen LogP contribution in [0.25, 0.3) is 11.3 Å². The van der Waals surface area contributed by atoms with E-state index in [9.17, 15) is 4.79 Å². The molecular weight excluding hydrogens is 286 g/mol. The molecule has 23 heavy (non-hydrogen) atoms. The number of carbonyl (C=O) groups is 1. The lowest BCUT2D eigenvalue weighted by Gasteiger charge is -2.12. The van der Waals surface area contributed by atoms with Gasteiger partial charge in [-0.3, -0.25) is 9.89 Å². The second-order valence-corrected chi connectivity index (χ2v) is 5.76. The Hall–Kier alpha value is -2.88. The van der Waals surface area contributed by atoms with Gasteiger partial charge in [0, 0.05) is 11.3 Å². The third-order valence-corrected chi connectivity index (χ3v) is 3.81. The number of H-pyrrole nitrogens is 1. The molecule has 1 amide bonds. The van der Waals surface area contributed by atoms with Gasteiger partial charge in [-0.25, -0.2) is 0 Å². The molecule has 0 bridgehead atoms. The minimum atomic E-state index is -0.185. The predicted molar refractivity (Wildman–Crippen MR) is 92.6 cm³/mol. The Bertz CT molecular complexity index is 827. The molecule has 4 nitrogen and oxygen atoms in total. The van der Waals surface area contributed by atoms with Crippen molar-refractivity contribution in [3.05, 3.63) is 70.9 Å². The van der Waals surface area contributed by atoms with Crippen molar-refractivity contribution in [2.45, 2.75) is 20.8 Å². The molecule has 0 saturated carbocycles. The van der Waals surface area contributed by atoms with E-state index in [2.05, 4.69) is 27.6 Å². The van der Waals surface area contributed by atoms with E-state index in [0.29, 0.717) is 5.69 Å². The van der Waals surface area contributed by atoms with E-state index in [1.54, 1.807) is 6.07 Å². The third kappa shape index (κ3) is 3.16.